The maximum Gasteiger partial charge on any atom is 0.253 e. The number of guanidine groups is 1. The second kappa shape index (κ2) is 11.3. The Kier molecular flexibility index (Phi) is 9.79. The van der Waals surface area contributed by atoms with Crippen molar-refractivity contribution < 1.29 is 4.79 Å². The molecule has 0 atom stereocenters. The molecule has 0 aliphatic rings. The van der Waals surface area contributed by atoms with Crippen LogP contribution in [0.1, 0.15) is 21.5 Å². The van der Waals surface area contributed by atoms with Gasteiger partial charge in [0.25, 0.3) is 5.91 Å². The van der Waals surface area contributed by atoms with Crippen LogP contribution < -0.4 is 5.32 Å². The third-order valence-corrected chi connectivity index (χ3v) is 4.77. The van der Waals surface area contributed by atoms with E-state index in [4.69, 9.17) is 0 Å². The smallest absolute Gasteiger partial charge is 0.253 e. The van der Waals surface area contributed by atoms with Crippen molar-refractivity contribution in [1.82, 2.24) is 15.1 Å². The molecule has 0 aliphatic heterocycles. The number of nitrogens with one attached hydrogen (secondary N) is 1. The number of carbonyl (C=O) groups excluding carboxylic acids is 1. The fourth-order valence-electron chi connectivity index (χ4n) is 2.55. The molecule has 2 aromatic rings. The van der Waals surface area contributed by atoms with Gasteiger partial charge in [0.15, 0.2) is 5.96 Å². The van der Waals surface area contributed by atoms with Crippen LogP contribution >= 0.6 is 39.9 Å². The Morgan fingerprint density at radius 2 is 1.70 bits per heavy atom. The first kappa shape index (κ1) is 23.4. The number of halogens is 2. The van der Waals surface area contributed by atoms with E-state index in [9.17, 15) is 4.79 Å². The fourth-order valence-corrected chi connectivity index (χ4v) is 2.96. The lowest BCUT2D eigenvalue weighted by molar-refractivity contribution is 0.0827. The maximum atomic E-state index is 11.9. The SMILES string of the molecule is CN=C(NCc1ccc(C(=O)N(C)C)cc1)N(C)Cc1ccccc1Br.I. The first-order valence-corrected chi connectivity index (χ1v) is 9.17. The van der Waals surface area contributed by atoms with Crippen LogP contribution in [0.25, 0.3) is 0 Å². The number of carbonyl (C=O) groups is 1. The molecule has 1 N–H and O–H groups in total. The van der Waals surface area contributed by atoms with E-state index in [1.54, 1.807) is 26.0 Å². The minimum atomic E-state index is 0. The average molecular weight is 545 g/mol. The molecule has 146 valence electrons. The van der Waals surface area contributed by atoms with Crippen molar-refractivity contribution in [3.63, 3.8) is 0 Å². The van der Waals surface area contributed by atoms with Crippen LogP contribution in [0.2, 0.25) is 0 Å². The highest BCUT2D eigenvalue weighted by Gasteiger charge is 2.10. The molecular formula is C20H26BrIN4O. The highest BCUT2D eigenvalue weighted by molar-refractivity contribution is 14.0. The van der Waals surface area contributed by atoms with E-state index in [2.05, 4.69) is 37.2 Å². The molecule has 0 spiro atoms. The predicted octanol–water partition coefficient (Wildman–Crippen LogP) is 3.98. The standard InChI is InChI=1S/C20H25BrN4O.HI/c1-22-20(25(4)14-17-7-5-6-8-18(17)21)23-13-15-9-11-16(12-10-15)19(26)24(2)3;/h5-12H,13-14H2,1-4H3,(H,22,23);1H. The quantitative estimate of drug-likeness (QED) is 0.352. The Morgan fingerprint density at radius 3 is 2.26 bits per heavy atom. The Morgan fingerprint density at radius 1 is 1.07 bits per heavy atom. The van der Waals surface area contributed by atoms with Crippen LogP contribution in [0, 0.1) is 0 Å². The van der Waals surface area contributed by atoms with Crippen molar-refractivity contribution in [1.29, 1.82) is 0 Å². The molecule has 0 aromatic heterocycles. The fraction of sp³-hybridized carbons (Fsp3) is 0.300. The first-order chi connectivity index (χ1) is 12.4. The van der Waals surface area contributed by atoms with Gasteiger partial charge >= 0.3 is 0 Å². The summed E-state index contributed by atoms with van der Waals surface area (Å²) < 4.78 is 1.09. The molecule has 0 unspecified atom stereocenters. The maximum absolute atomic E-state index is 11.9. The Bertz CT molecular complexity index is 778. The third kappa shape index (κ3) is 6.80. The van der Waals surface area contributed by atoms with E-state index >= 15 is 0 Å². The lowest BCUT2D eigenvalue weighted by Gasteiger charge is -2.23. The number of nitrogens with zero attached hydrogens (tertiary/aromatic N) is 3. The summed E-state index contributed by atoms with van der Waals surface area (Å²) in [6, 6.07) is 15.8. The summed E-state index contributed by atoms with van der Waals surface area (Å²) in [5, 5.41) is 3.36. The highest BCUT2D eigenvalue weighted by atomic mass is 127. The molecule has 0 fully saturated rings. The van der Waals surface area contributed by atoms with Gasteiger partial charge in [-0.3, -0.25) is 9.79 Å². The molecule has 27 heavy (non-hydrogen) atoms. The van der Waals surface area contributed by atoms with Gasteiger partial charge in [0.2, 0.25) is 0 Å². The van der Waals surface area contributed by atoms with Crippen molar-refractivity contribution >= 4 is 51.8 Å². The van der Waals surface area contributed by atoms with E-state index in [0.717, 1.165) is 22.5 Å². The zero-order valence-electron chi connectivity index (χ0n) is 16.1. The average Bonchev–Trinajstić information content (AvgIpc) is 2.64. The van der Waals surface area contributed by atoms with Gasteiger partial charge in [-0.15, -0.1) is 24.0 Å². The van der Waals surface area contributed by atoms with E-state index in [1.807, 2.05) is 49.5 Å². The minimum Gasteiger partial charge on any atom is -0.352 e. The largest absolute Gasteiger partial charge is 0.352 e. The van der Waals surface area contributed by atoms with E-state index in [0.29, 0.717) is 12.1 Å². The number of benzene rings is 2. The van der Waals surface area contributed by atoms with Gasteiger partial charge in [0.05, 0.1) is 0 Å². The molecule has 0 saturated heterocycles. The van der Waals surface area contributed by atoms with E-state index in [1.165, 1.54) is 5.56 Å². The summed E-state index contributed by atoms with van der Waals surface area (Å²) in [7, 11) is 7.29. The molecule has 0 saturated carbocycles. The Balaban J connectivity index is 0.00000364. The van der Waals surface area contributed by atoms with Crippen molar-refractivity contribution in [3.05, 3.63) is 69.7 Å². The number of hydrogen-bond acceptors (Lipinski definition) is 2. The summed E-state index contributed by atoms with van der Waals surface area (Å²) >= 11 is 3.58. The van der Waals surface area contributed by atoms with Crippen LogP contribution in [-0.4, -0.2) is 49.9 Å². The molecular weight excluding hydrogens is 519 g/mol. The monoisotopic (exact) mass is 544 g/mol. The molecule has 2 aromatic carbocycles. The summed E-state index contributed by atoms with van der Waals surface area (Å²) in [5.74, 6) is 0.822. The van der Waals surface area contributed by atoms with E-state index in [-0.39, 0.29) is 29.9 Å². The van der Waals surface area contributed by atoms with Crippen molar-refractivity contribution in [2.75, 3.05) is 28.2 Å². The summed E-state index contributed by atoms with van der Waals surface area (Å²) in [6.45, 7) is 1.39. The predicted molar refractivity (Wildman–Crippen MR) is 126 cm³/mol. The van der Waals surface area contributed by atoms with Gasteiger partial charge in [0.1, 0.15) is 0 Å². The van der Waals surface area contributed by atoms with Gasteiger partial charge in [-0.2, -0.15) is 0 Å². The lowest BCUT2D eigenvalue weighted by atomic mass is 10.1. The van der Waals surface area contributed by atoms with Crippen LogP contribution in [0.15, 0.2) is 58.0 Å². The van der Waals surface area contributed by atoms with Crippen LogP contribution in [0.5, 0.6) is 0 Å². The molecule has 1 amide bonds. The van der Waals surface area contributed by atoms with Gasteiger partial charge in [0, 0.05) is 51.3 Å². The third-order valence-electron chi connectivity index (χ3n) is 4.00. The van der Waals surface area contributed by atoms with Gasteiger partial charge in [-0.1, -0.05) is 46.3 Å². The van der Waals surface area contributed by atoms with Crippen molar-refractivity contribution in [2.45, 2.75) is 13.1 Å². The molecule has 0 heterocycles. The normalized spacial score (nSPS) is 10.8. The van der Waals surface area contributed by atoms with Crippen molar-refractivity contribution in [2.24, 2.45) is 4.99 Å². The molecule has 5 nitrogen and oxygen atoms in total. The molecule has 0 bridgehead atoms. The number of aliphatic imine (C=N–C) groups is 1. The first-order valence-electron chi connectivity index (χ1n) is 8.38. The molecule has 0 aliphatic carbocycles. The van der Waals surface area contributed by atoms with Gasteiger partial charge in [-0.25, -0.2) is 0 Å². The van der Waals surface area contributed by atoms with E-state index < -0.39 is 0 Å². The number of hydrogen-bond donors (Lipinski definition) is 1. The van der Waals surface area contributed by atoms with Gasteiger partial charge in [-0.05, 0) is 29.3 Å². The minimum absolute atomic E-state index is 0. The highest BCUT2D eigenvalue weighted by Crippen LogP contribution is 2.17. The van der Waals surface area contributed by atoms with Crippen LogP contribution in [0.4, 0.5) is 0 Å². The summed E-state index contributed by atoms with van der Waals surface area (Å²) in [6.07, 6.45) is 0. The molecule has 2 rings (SSSR count). The lowest BCUT2D eigenvalue weighted by Crippen LogP contribution is -2.38. The van der Waals surface area contributed by atoms with Gasteiger partial charge < -0.3 is 15.1 Å². The Hall–Kier alpha value is -1.61. The van der Waals surface area contributed by atoms with Crippen molar-refractivity contribution in [3.8, 4) is 0 Å². The van der Waals surface area contributed by atoms with Crippen LogP contribution in [-0.2, 0) is 13.1 Å². The second-order valence-corrected chi connectivity index (χ2v) is 7.10. The number of rotatable bonds is 5. The molecule has 0 radical (unpaired) electrons. The summed E-state index contributed by atoms with van der Waals surface area (Å²) in [5.41, 5.74) is 2.98. The zero-order valence-corrected chi connectivity index (χ0v) is 20.0. The number of amides is 1. The summed E-state index contributed by atoms with van der Waals surface area (Å²) in [4.78, 5) is 19.9. The molecule has 7 heteroatoms. The second-order valence-electron chi connectivity index (χ2n) is 6.24. The Labute approximate surface area is 187 Å². The topological polar surface area (TPSA) is 47.9 Å². The zero-order chi connectivity index (χ0) is 19.1. The van der Waals surface area contributed by atoms with Crippen LogP contribution in [0.3, 0.4) is 0 Å².